The fraction of sp³-hybridized carbons (Fsp3) is 0. The Bertz CT molecular complexity index is 856. The summed E-state index contributed by atoms with van der Waals surface area (Å²) in [4.78, 5) is 10.5. The van der Waals surface area contributed by atoms with E-state index in [2.05, 4.69) is 15.8 Å². The van der Waals surface area contributed by atoms with E-state index in [-0.39, 0.29) is 10.8 Å². The molecule has 0 bridgehead atoms. The molecule has 9 heteroatoms. The highest BCUT2D eigenvalue weighted by atomic mass is 35.5. The largest absolute Gasteiger partial charge is 0.330 e. The molecule has 0 radical (unpaired) electrons. The van der Waals surface area contributed by atoms with Gasteiger partial charge in [-0.2, -0.15) is 5.10 Å². The average Bonchev–Trinajstić information content (AvgIpc) is 2.57. The van der Waals surface area contributed by atoms with Crippen molar-refractivity contribution in [1.29, 1.82) is 0 Å². The standard InChI is InChI=1S/C16H12Cl2N4O2S/c17-12-7-8-14(13(18)10-12)20-16(25)21-19-9-3-5-11-4-1-2-6-15(11)22(23)24/h1-10H,(H2,20,21,25). The predicted molar refractivity (Wildman–Crippen MR) is 106 cm³/mol. The Kier molecular flexibility index (Phi) is 6.88. The normalized spacial score (nSPS) is 11.0. The summed E-state index contributed by atoms with van der Waals surface area (Å²) in [5.41, 5.74) is 3.70. The van der Waals surface area contributed by atoms with E-state index in [4.69, 9.17) is 35.4 Å². The van der Waals surface area contributed by atoms with Crippen LogP contribution in [0.3, 0.4) is 0 Å². The molecule has 2 aromatic rings. The van der Waals surface area contributed by atoms with Gasteiger partial charge in [0.25, 0.3) is 5.69 Å². The van der Waals surface area contributed by atoms with Gasteiger partial charge in [0.1, 0.15) is 0 Å². The van der Waals surface area contributed by atoms with Crippen molar-refractivity contribution in [1.82, 2.24) is 5.43 Å². The first-order valence-electron chi connectivity index (χ1n) is 6.92. The number of halogens is 2. The lowest BCUT2D eigenvalue weighted by atomic mass is 10.2. The Morgan fingerprint density at radius 1 is 1.24 bits per heavy atom. The molecule has 0 aliphatic carbocycles. The van der Waals surface area contributed by atoms with Gasteiger partial charge < -0.3 is 5.32 Å². The first kappa shape index (κ1) is 18.9. The van der Waals surface area contributed by atoms with Crippen LogP contribution in [0, 0.1) is 10.1 Å². The van der Waals surface area contributed by atoms with E-state index < -0.39 is 4.92 Å². The molecule has 0 aliphatic rings. The van der Waals surface area contributed by atoms with E-state index in [1.54, 1.807) is 48.6 Å². The van der Waals surface area contributed by atoms with Crippen LogP contribution in [0.2, 0.25) is 10.0 Å². The molecular weight excluding hydrogens is 383 g/mol. The number of benzene rings is 2. The van der Waals surface area contributed by atoms with Gasteiger partial charge in [0.15, 0.2) is 5.11 Å². The smallest absolute Gasteiger partial charge is 0.276 e. The van der Waals surface area contributed by atoms with E-state index in [0.717, 1.165) is 0 Å². The third-order valence-corrected chi connectivity index (χ3v) is 3.66. The minimum absolute atomic E-state index is 0.0228. The zero-order valence-electron chi connectivity index (χ0n) is 12.6. The molecule has 0 saturated carbocycles. The first-order chi connectivity index (χ1) is 12.0. The second kappa shape index (κ2) is 9.12. The van der Waals surface area contributed by atoms with Crippen LogP contribution in [0.15, 0.2) is 53.6 Å². The van der Waals surface area contributed by atoms with Crippen molar-refractivity contribution in [2.24, 2.45) is 5.10 Å². The van der Waals surface area contributed by atoms with Crippen LogP contribution in [0.5, 0.6) is 0 Å². The number of rotatable bonds is 5. The number of hydrogen-bond acceptors (Lipinski definition) is 4. The summed E-state index contributed by atoms with van der Waals surface area (Å²) in [6.45, 7) is 0. The highest BCUT2D eigenvalue weighted by Crippen LogP contribution is 2.25. The van der Waals surface area contributed by atoms with Crippen molar-refractivity contribution in [2.75, 3.05) is 5.32 Å². The Balaban J connectivity index is 1.91. The van der Waals surface area contributed by atoms with Crippen molar-refractivity contribution in [2.45, 2.75) is 0 Å². The zero-order valence-corrected chi connectivity index (χ0v) is 15.0. The number of nitro benzene ring substituents is 1. The second-order valence-electron chi connectivity index (χ2n) is 4.64. The summed E-state index contributed by atoms with van der Waals surface area (Å²) in [5, 5.41) is 18.9. The molecule has 0 saturated heterocycles. The molecule has 25 heavy (non-hydrogen) atoms. The number of nitrogens with one attached hydrogen (secondary N) is 2. The fourth-order valence-corrected chi connectivity index (χ4v) is 2.44. The number of allylic oxidation sites excluding steroid dienone is 1. The highest BCUT2D eigenvalue weighted by molar-refractivity contribution is 7.80. The van der Waals surface area contributed by atoms with Crippen LogP contribution in [0.4, 0.5) is 11.4 Å². The van der Waals surface area contributed by atoms with Crippen molar-refractivity contribution in [3.8, 4) is 0 Å². The molecule has 0 atom stereocenters. The SMILES string of the molecule is O=[N+]([O-])c1ccccc1C=CC=NNC(=S)Nc1ccc(Cl)cc1Cl. The summed E-state index contributed by atoms with van der Waals surface area (Å²) < 4.78 is 0. The van der Waals surface area contributed by atoms with Crippen molar-refractivity contribution >= 4 is 64.2 Å². The van der Waals surface area contributed by atoms with Gasteiger partial charge >= 0.3 is 0 Å². The Morgan fingerprint density at radius 3 is 2.72 bits per heavy atom. The van der Waals surface area contributed by atoms with Crippen LogP contribution in [0.1, 0.15) is 5.56 Å². The molecule has 0 aliphatic heterocycles. The number of anilines is 1. The molecule has 0 spiro atoms. The number of hydrazone groups is 1. The minimum Gasteiger partial charge on any atom is -0.330 e. The molecule has 0 fully saturated rings. The number of nitrogens with zero attached hydrogens (tertiary/aromatic N) is 2. The monoisotopic (exact) mass is 394 g/mol. The van der Waals surface area contributed by atoms with E-state index in [9.17, 15) is 10.1 Å². The lowest BCUT2D eigenvalue weighted by Crippen LogP contribution is -2.23. The molecule has 0 aromatic heterocycles. The molecule has 128 valence electrons. The van der Waals surface area contributed by atoms with Gasteiger partial charge in [-0.3, -0.25) is 15.5 Å². The molecule has 2 N–H and O–H groups in total. The highest BCUT2D eigenvalue weighted by Gasteiger charge is 2.08. The van der Waals surface area contributed by atoms with Crippen LogP contribution >= 0.6 is 35.4 Å². The van der Waals surface area contributed by atoms with Crippen molar-refractivity contribution in [3.63, 3.8) is 0 Å². The van der Waals surface area contributed by atoms with Gasteiger partial charge in [-0.25, -0.2) is 0 Å². The molecule has 2 rings (SSSR count). The quantitative estimate of drug-likeness (QED) is 0.326. The topological polar surface area (TPSA) is 79.6 Å². The van der Waals surface area contributed by atoms with Gasteiger partial charge in [0.05, 0.1) is 21.2 Å². The van der Waals surface area contributed by atoms with E-state index in [1.165, 1.54) is 12.3 Å². The summed E-state index contributed by atoms with van der Waals surface area (Å²) >= 11 is 16.9. The third kappa shape index (κ3) is 5.82. The van der Waals surface area contributed by atoms with E-state index >= 15 is 0 Å². The Hall–Kier alpha value is -2.48. The number of para-hydroxylation sites is 1. The maximum absolute atomic E-state index is 10.9. The maximum atomic E-state index is 10.9. The Morgan fingerprint density at radius 2 is 2.00 bits per heavy atom. The zero-order chi connectivity index (χ0) is 18.2. The fourth-order valence-electron chi connectivity index (χ4n) is 1.82. The second-order valence-corrected chi connectivity index (χ2v) is 5.90. The van der Waals surface area contributed by atoms with Crippen molar-refractivity contribution in [3.05, 3.63) is 74.3 Å². The maximum Gasteiger partial charge on any atom is 0.276 e. The summed E-state index contributed by atoms with van der Waals surface area (Å²) in [6.07, 6.45) is 4.57. The van der Waals surface area contributed by atoms with Gasteiger partial charge in [-0.15, -0.1) is 0 Å². The van der Waals surface area contributed by atoms with Crippen LogP contribution in [-0.4, -0.2) is 16.3 Å². The summed E-state index contributed by atoms with van der Waals surface area (Å²) in [7, 11) is 0. The number of nitro groups is 1. The molecule has 2 aromatic carbocycles. The molecule has 0 amide bonds. The van der Waals surface area contributed by atoms with Gasteiger partial charge in [-0.05, 0) is 48.6 Å². The van der Waals surface area contributed by atoms with E-state index in [0.29, 0.717) is 21.3 Å². The van der Waals surface area contributed by atoms with E-state index in [1.807, 2.05) is 0 Å². The lowest BCUT2D eigenvalue weighted by molar-refractivity contribution is -0.385. The van der Waals surface area contributed by atoms with Crippen LogP contribution in [-0.2, 0) is 0 Å². The minimum atomic E-state index is -0.441. The summed E-state index contributed by atoms with van der Waals surface area (Å²) in [5.74, 6) is 0. The van der Waals surface area contributed by atoms with Crippen LogP contribution < -0.4 is 10.7 Å². The summed E-state index contributed by atoms with van der Waals surface area (Å²) in [6, 6.07) is 11.4. The molecule has 6 nitrogen and oxygen atoms in total. The molecule has 0 unspecified atom stereocenters. The molecular formula is C16H12Cl2N4O2S. The first-order valence-corrected chi connectivity index (χ1v) is 8.09. The lowest BCUT2D eigenvalue weighted by Gasteiger charge is -2.08. The molecule has 0 heterocycles. The van der Waals surface area contributed by atoms with Gasteiger partial charge in [0, 0.05) is 17.3 Å². The van der Waals surface area contributed by atoms with Gasteiger partial charge in [-0.1, -0.05) is 35.3 Å². The average molecular weight is 395 g/mol. The predicted octanol–water partition coefficient (Wildman–Crippen LogP) is 4.89. The van der Waals surface area contributed by atoms with Gasteiger partial charge in [0.2, 0.25) is 0 Å². The number of hydrogen-bond donors (Lipinski definition) is 2. The Labute approximate surface area is 159 Å². The van der Waals surface area contributed by atoms with Crippen LogP contribution in [0.25, 0.3) is 6.08 Å². The van der Waals surface area contributed by atoms with Crippen molar-refractivity contribution < 1.29 is 4.92 Å². The third-order valence-electron chi connectivity index (χ3n) is 2.92. The number of thiocarbonyl (C=S) groups is 1.